The fourth-order valence-corrected chi connectivity index (χ4v) is 3.33. The lowest BCUT2D eigenvalue weighted by Crippen LogP contribution is -2.03. The number of hydrogen-bond donors (Lipinski definition) is 0. The number of aryl methyl sites for hydroxylation is 1. The van der Waals surface area contributed by atoms with Crippen molar-refractivity contribution in [3.8, 4) is 0 Å². The van der Waals surface area contributed by atoms with Crippen molar-refractivity contribution in [2.24, 2.45) is 0 Å². The lowest BCUT2D eigenvalue weighted by molar-refractivity contribution is 0.103. The summed E-state index contributed by atoms with van der Waals surface area (Å²) in [5.74, 6) is 0.948. The number of nitrogens with zero attached hydrogens (tertiary/aromatic N) is 2. The Morgan fingerprint density at radius 2 is 1.80 bits per heavy atom. The number of pyridine rings is 1. The zero-order valence-electron chi connectivity index (χ0n) is 14.3. The minimum atomic E-state index is -0.0109. The highest BCUT2D eigenvalue weighted by molar-refractivity contribution is 6.18. The van der Waals surface area contributed by atoms with Crippen LogP contribution in [-0.2, 0) is 6.42 Å². The molecule has 25 heavy (non-hydrogen) atoms. The van der Waals surface area contributed by atoms with Gasteiger partial charge in [-0.05, 0) is 29.3 Å². The van der Waals surface area contributed by atoms with Gasteiger partial charge < -0.3 is 4.40 Å². The first-order valence-electron chi connectivity index (χ1n) is 8.78. The van der Waals surface area contributed by atoms with Gasteiger partial charge >= 0.3 is 0 Å². The fourth-order valence-electron chi connectivity index (χ4n) is 3.33. The van der Waals surface area contributed by atoms with Gasteiger partial charge in [-0.15, -0.1) is 0 Å². The highest BCUT2D eigenvalue weighted by Crippen LogP contribution is 2.24. The highest BCUT2D eigenvalue weighted by Gasteiger charge is 2.20. The van der Waals surface area contributed by atoms with Gasteiger partial charge in [-0.1, -0.05) is 61.9 Å². The summed E-state index contributed by atoms with van der Waals surface area (Å²) in [6.45, 7) is 2.16. The number of rotatable bonds is 5. The molecule has 0 aliphatic rings. The quantitative estimate of drug-likeness (QED) is 0.480. The van der Waals surface area contributed by atoms with Crippen molar-refractivity contribution < 1.29 is 4.79 Å². The van der Waals surface area contributed by atoms with E-state index in [-0.39, 0.29) is 5.78 Å². The summed E-state index contributed by atoms with van der Waals surface area (Å²) in [5, 5.41) is 2.05. The zero-order chi connectivity index (χ0) is 17.2. The number of aromatic nitrogens is 2. The van der Waals surface area contributed by atoms with Crippen LogP contribution in [0.1, 0.15) is 41.6 Å². The molecule has 0 aliphatic carbocycles. The molecule has 4 rings (SSSR count). The average Bonchev–Trinajstić information content (AvgIpc) is 3.04. The van der Waals surface area contributed by atoms with Gasteiger partial charge in [0.15, 0.2) is 0 Å². The van der Waals surface area contributed by atoms with Gasteiger partial charge in [0.2, 0.25) is 5.78 Å². The molecule has 0 fully saturated rings. The Morgan fingerprint density at radius 3 is 2.68 bits per heavy atom. The molecule has 124 valence electrons. The van der Waals surface area contributed by atoms with Crippen LogP contribution >= 0.6 is 0 Å². The Labute approximate surface area is 146 Å². The summed E-state index contributed by atoms with van der Waals surface area (Å²) in [5.41, 5.74) is 2.14. The molecule has 3 nitrogen and oxygen atoms in total. The largest absolute Gasteiger partial charge is 0.303 e. The maximum absolute atomic E-state index is 13.3. The van der Waals surface area contributed by atoms with Crippen LogP contribution in [-0.4, -0.2) is 15.2 Å². The van der Waals surface area contributed by atoms with Gasteiger partial charge in [0.05, 0.1) is 5.52 Å². The van der Waals surface area contributed by atoms with Crippen molar-refractivity contribution in [1.82, 2.24) is 9.38 Å². The average molecular weight is 328 g/mol. The Morgan fingerprint density at radius 1 is 1.00 bits per heavy atom. The van der Waals surface area contributed by atoms with E-state index in [9.17, 15) is 4.79 Å². The first-order chi connectivity index (χ1) is 12.3. The van der Waals surface area contributed by atoms with Gasteiger partial charge in [0, 0.05) is 18.2 Å². The monoisotopic (exact) mass is 328 g/mol. The second kappa shape index (κ2) is 6.52. The van der Waals surface area contributed by atoms with Crippen molar-refractivity contribution in [3.05, 3.63) is 83.9 Å². The van der Waals surface area contributed by atoms with Crippen LogP contribution in [0.2, 0.25) is 0 Å². The predicted molar refractivity (Wildman–Crippen MR) is 101 cm³/mol. The highest BCUT2D eigenvalue weighted by atomic mass is 16.1. The molecule has 0 unspecified atom stereocenters. The lowest BCUT2D eigenvalue weighted by Gasteiger charge is -2.04. The Kier molecular flexibility index (Phi) is 4.06. The molecule has 2 aromatic heterocycles. The lowest BCUT2D eigenvalue weighted by atomic mass is 9.99. The summed E-state index contributed by atoms with van der Waals surface area (Å²) in [7, 11) is 0. The third-order valence-corrected chi connectivity index (χ3v) is 4.62. The van der Waals surface area contributed by atoms with E-state index in [2.05, 4.69) is 6.92 Å². The molecule has 2 heterocycles. The number of unbranched alkanes of at least 4 members (excludes halogenated alkanes) is 1. The van der Waals surface area contributed by atoms with Gasteiger partial charge in [0.1, 0.15) is 11.5 Å². The standard InChI is InChI=1S/C22H20N2O/c1-2-3-14-20-23-21(19-13-6-7-15-24(19)20)22(25)18-12-8-10-16-9-4-5-11-17(16)18/h4-13,15H,2-3,14H2,1H3. The van der Waals surface area contributed by atoms with E-state index < -0.39 is 0 Å². The number of benzene rings is 2. The third-order valence-electron chi connectivity index (χ3n) is 4.62. The molecule has 0 bridgehead atoms. The molecule has 0 aliphatic heterocycles. The second-order valence-electron chi connectivity index (χ2n) is 6.29. The topological polar surface area (TPSA) is 34.4 Å². The molecular formula is C22H20N2O. The fraction of sp³-hybridized carbons (Fsp3) is 0.182. The van der Waals surface area contributed by atoms with Gasteiger partial charge in [0.25, 0.3) is 0 Å². The zero-order valence-corrected chi connectivity index (χ0v) is 14.3. The molecule has 0 saturated heterocycles. The van der Waals surface area contributed by atoms with E-state index in [0.29, 0.717) is 11.3 Å². The SMILES string of the molecule is CCCCc1nc(C(=O)c2cccc3ccccc23)c2ccccn12. The molecule has 0 N–H and O–H groups in total. The number of carbonyl (C=O) groups excluding carboxylic acids is 1. The van der Waals surface area contributed by atoms with Crippen LogP contribution in [0.3, 0.4) is 0 Å². The van der Waals surface area contributed by atoms with E-state index in [0.717, 1.165) is 41.4 Å². The van der Waals surface area contributed by atoms with E-state index in [1.54, 1.807) is 0 Å². The normalized spacial score (nSPS) is 11.2. The predicted octanol–water partition coefficient (Wildman–Crippen LogP) is 5.06. The summed E-state index contributed by atoms with van der Waals surface area (Å²) in [6, 6.07) is 19.8. The minimum absolute atomic E-state index is 0.0109. The van der Waals surface area contributed by atoms with Crippen LogP contribution < -0.4 is 0 Å². The van der Waals surface area contributed by atoms with Crippen LogP contribution in [0.15, 0.2) is 66.9 Å². The van der Waals surface area contributed by atoms with Crippen molar-refractivity contribution >= 4 is 22.1 Å². The molecule has 2 aromatic carbocycles. The molecule has 3 heteroatoms. The third kappa shape index (κ3) is 2.72. The Bertz CT molecular complexity index is 1060. The molecule has 0 spiro atoms. The maximum atomic E-state index is 13.3. The second-order valence-corrected chi connectivity index (χ2v) is 6.29. The summed E-state index contributed by atoms with van der Waals surface area (Å²) < 4.78 is 2.05. The van der Waals surface area contributed by atoms with Crippen molar-refractivity contribution in [1.29, 1.82) is 0 Å². The van der Waals surface area contributed by atoms with Crippen molar-refractivity contribution in [2.75, 3.05) is 0 Å². The summed E-state index contributed by atoms with van der Waals surface area (Å²) in [4.78, 5) is 18.0. The van der Waals surface area contributed by atoms with E-state index in [1.807, 2.05) is 71.3 Å². The van der Waals surface area contributed by atoms with Crippen LogP contribution in [0.4, 0.5) is 0 Å². The summed E-state index contributed by atoms with van der Waals surface area (Å²) in [6.07, 6.45) is 5.04. The Balaban J connectivity index is 1.87. The van der Waals surface area contributed by atoms with Crippen LogP contribution in [0, 0.1) is 0 Å². The number of fused-ring (bicyclic) bond motifs is 2. The van der Waals surface area contributed by atoms with Crippen molar-refractivity contribution in [3.63, 3.8) is 0 Å². The molecule has 0 amide bonds. The Hall–Kier alpha value is -2.94. The van der Waals surface area contributed by atoms with E-state index in [4.69, 9.17) is 4.98 Å². The molecule has 0 atom stereocenters. The smallest absolute Gasteiger partial charge is 0.214 e. The number of ketones is 1. The van der Waals surface area contributed by atoms with Crippen LogP contribution in [0.25, 0.3) is 16.3 Å². The molecular weight excluding hydrogens is 308 g/mol. The molecule has 0 radical (unpaired) electrons. The van der Waals surface area contributed by atoms with Gasteiger partial charge in [-0.3, -0.25) is 4.79 Å². The summed E-state index contributed by atoms with van der Waals surface area (Å²) >= 11 is 0. The number of carbonyl (C=O) groups is 1. The van der Waals surface area contributed by atoms with Crippen LogP contribution in [0.5, 0.6) is 0 Å². The van der Waals surface area contributed by atoms with Gasteiger partial charge in [-0.25, -0.2) is 4.98 Å². The molecule has 4 aromatic rings. The molecule has 0 saturated carbocycles. The maximum Gasteiger partial charge on any atom is 0.214 e. The number of hydrogen-bond acceptors (Lipinski definition) is 2. The van der Waals surface area contributed by atoms with E-state index in [1.165, 1.54) is 0 Å². The van der Waals surface area contributed by atoms with Crippen molar-refractivity contribution in [2.45, 2.75) is 26.2 Å². The first-order valence-corrected chi connectivity index (χ1v) is 8.78. The number of imidazole rings is 1. The minimum Gasteiger partial charge on any atom is -0.303 e. The van der Waals surface area contributed by atoms with E-state index >= 15 is 0 Å². The van der Waals surface area contributed by atoms with Gasteiger partial charge in [-0.2, -0.15) is 0 Å². The first kappa shape index (κ1) is 15.6.